The van der Waals surface area contributed by atoms with Crippen LogP contribution in [0.2, 0.25) is 0 Å². The number of rotatable bonds is 5. The van der Waals surface area contributed by atoms with Crippen LogP contribution in [0.1, 0.15) is 36.2 Å². The first-order valence-corrected chi connectivity index (χ1v) is 8.72. The van der Waals surface area contributed by atoms with E-state index in [2.05, 4.69) is 5.32 Å². The van der Waals surface area contributed by atoms with Crippen LogP contribution in [0, 0.1) is 5.92 Å². The summed E-state index contributed by atoms with van der Waals surface area (Å²) in [4.78, 5) is 23.0. The number of aliphatic carboxylic acids is 1. The highest BCUT2D eigenvalue weighted by Crippen LogP contribution is 2.25. The molecular weight excluding hydrogens is 324 g/mol. The highest BCUT2D eigenvalue weighted by molar-refractivity contribution is 7.88. The largest absolute Gasteiger partial charge is 0.481 e. The van der Waals surface area contributed by atoms with Crippen molar-refractivity contribution in [3.8, 4) is 0 Å². The maximum atomic E-state index is 12.1. The van der Waals surface area contributed by atoms with Crippen molar-refractivity contribution in [3.05, 3.63) is 17.9 Å². The molecule has 0 bridgehead atoms. The Morgan fingerprint density at radius 3 is 2.35 bits per heavy atom. The summed E-state index contributed by atoms with van der Waals surface area (Å²) in [7, 11) is -0.971. The lowest BCUT2D eigenvalue weighted by molar-refractivity contribution is -0.142. The van der Waals surface area contributed by atoms with Crippen LogP contribution < -0.4 is 5.32 Å². The average Bonchev–Trinajstić information content (AvgIpc) is 2.98. The van der Waals surface area contributed by atoms with E-state index in [-0.39, 0.29) is 22.8 Å². The lowest BCUT2D eigenvalue weighted by Gasteiger charge is -2.26. The van der Waals surface area contributed by atoms with E-state index in [1.165, 1.54) is 26.2 Å². The minimum Gasteiger partial charge on any atom is -0.481 e. The second-order valence-corrected chi connectivity index (χ2v) is 7.85. The molecule has 0 saturated heterocycles. The van der Waals surface area contributed by atoms with Gasteiger partial charge in [0.15, 0.2) is 5.76 Å². The molecule has 1 heterocycles. The van der Waals surface area contributed by atoms with Crippen molar-refractivity contribution in [2.24, 2.45) is 5.92 Å². The van der Waals surface area contributed by atoms with E-state index in [4.69, 9.17) is 9.52 Å². The average molecular weight is 344 g/mol. The standard InChI is InChI=1S/C14H20N2O6S/c1-16(2)23(20,21)12-8-7-11(22-12)13(17)15-10-5-3-9(4-6-10)14(18)19/h7-10H,3-6H2,1-2H3,(H,15,17)(H,18,19). The Hall–Kier alpha value is -1.87. The summed E-state index contributed by atoms with van der Waals surface area (Å²) in [5.74, 6) is -1.74. The van der Waals surface area contributed by atoms with E-state index in [0.717, 1.165) is 4.31 Å². The Morgan fingerprint density at radius 2 is 1.83 bits per heavy atom. The second kappa shape index (κ2) is 6.71. The van der Waals surface area contributed by atoms with Gasteiger partial charge in [0.2, 0.25) is 5.09 Å². The minimum absolute atomic E-state index is 0.0780. The molecule has 1 aromatic rings. The number of hydrogen-bond donors (Lipinski definition) is 2. The van der Waals surface area contributed by atoms with Gasteiger partial charge in [0.05, 0.1) is 5.92 Å². The van der Waals surface area contributed by atoms with E-state index in [1.54, 1.807) is 0 Å². The number of carbonyl (C=O) groups is 2. The van der Waals surface area contributed by atoms with Gasteiger partial charge in [-0.3, -0.25) is 9.59 Å². The number of nitrogens with one attached hydrogen (secondary N) is 1. The number of carbonyl (C=O) groups excluding carboxylic acids is 1. The van der Waals surface area contributed by atoms with Crippen molar-refractivity contribution >= 4 is 21.9 Å². The van der Waals surface area contributed by atoms with Gasteiger partial charge >= 0.3 is 5.97 Å². The summed E-state index contributed by atoms with van der Waals surface area (Å²) in [6, 6.07) is 2.43. The summed E-state index contributed by atoms with van der Waals surface area (Å²) in [6.07, 6.45) is 2.18. The maximum Gasteiger partial charge on any atom is 0.306 e. The topological polar surface area (TPSA) is 117 Å². The summed E-state index contributed by atoms with van der Waals surface area (Å²) in [5.41, 5.74) is 0. The first-order valence-electron chi connectivity index (χ1n) is 7.28. The van der Waals surface area contributed by atoms with E-state index in [9.17, 15) is 18.0 Å². The van der Waals surface area contributed by atoms with Gasteiger partial charge < -0.3 is 14.8 Å². The Morgan fingerprint density at radius 1 is 1.22 bits per heavy atom. The predicted octanol–water partition coefficient (Wildman–Crippen LogP) is 0.903. The molecule has 0 aromatic carbocycles. The molecule has 0 spiro atoms. The van der Waals surface area contributed by atoms with Crippen molar-refractivity contribution in [1.29, 1.82) is 0 Å². The third kappa shape index (κ3) is 3.91. The predicted molar refractivity (Wildman–Crippen MR) is 80.4 cm³/mol. The van der Waals surface area contributed by atoms with Crippen LogP contribution in [0.5, 0.6) is 0 Å². The SMILES string of the molecule is CN(C)S(=O)(=O)c1ccc(C(=O)NC2CCC(C(=O)O)CC2)o1. The number of nitrogens with zero attached hydrogens (tertiary/aromatic N) is 1. The van der Waals surface area contributed by atoms with Gasteiger partial charge in [0, 0.05) is 20.1 Å². The van der Waals surface area contributed by atoms with Crippen molar-refractivity contribution < 1.29 is 27.5 Å². The molecule has 2 N–H and O–H groups in total. The fourth-order valence-electron chi connectivity index (χ4n) is 2.50. The number of sulfonamides is 1. The van der Waals surface area contributed by atoms with Crippen LogP contribution in [-0.2, 0) is 14.8 Å². The van der Waals surface area contributed by atoms with Crippen molar-refractivity contribution in [2.75, 3.05) is 14.1 Å². The maximum absolute atomic E-state index is 12.1. The number of furan rings is 1. The van der Waals surface area contributed by atoms with Crippen LogP contribution in [0.3, 0.4) is 0 Å². The molecule has 8 nitrogen and oxygen atoms in total. The molecule has 1 saturated carbocycles. The minimum atomic E-state index is -3.72. The molecule has 1 amide bonds. The van der Waals surface area contributed by atoms with E-state index in [0.29, 0.717) is 25.7 Å². The number of carboxylic acid groups (broad SMARTS) is 1. The molecule has 0 atom stereocenters. The lowest BCUT2D eigenvalue weighted by Crippen LogP contribution is -2.38. The molecule has 1 fully saturated rings. The third-order valence-electron chi connectivity index (χ3n) is 3.95. The highest BCUT2D eigenvalue weighted by atomic mass is 32.2. The zero-order valence-electron chi connectivity index (χ0n) is 13.0. The molecule has 0 radical (unpaired) electrons. The van der Waals surface area contributed by atoms with Crippen LogP contribution in [0.15, 0.2) is 21.6 Å². The van der Waals surface area contributed by atoms with Gasteiger partial charge in [0.1, 0.15) is 0 Å². The summed E-state index contributed by atoms with van der Waals surface area (Å²) in [5, 5.41) is 11.4. The smallest absolute Gasteiger partial charge is 0.306 e. The molecule has 0 aliphatic heterocycles. The van der Waals surface area contributed by atoms with Crippen LogP contribution >= 0.6 is 0 Å². The van der Waals surface area contributed by atoms with Gasteiger partial charge in [-0.25, -0.2) is 12.7 Å². The lowest BCUT2D eigenvalue weighted by atomic mass is 9.86. The quantitative estimate of drug-likeness (QED) is 0.820. The van der Waals surface area contributed by atoms with Gasteiger partial charge in [-0.1, -0.05) is 0 Å². The molecular formula is C14H20N2O6S. The summed E-state index contributed by atoms with van der Waals surface area (Å²) in [6.45, 7) is 0. The van der Waals surface area contributed by atoms with Crippen molar-refractivity contribution in [3.63, 3.8) is 0 Å². The van der Waals surface area contributed by atoms with Gasteiger partial charge in [-0.05, 0) is 37.8 Å². The Kier molecular flexibility index (Phi) is 5.10. The molecule has 1 aromatic heterocycles. The Bertz CT molecular complexity index is 686. The number of hydrogen-bond acceptors (Lipinski definition) is 5. The van der Waals surface area contributed by atoms with Gasteiger partial charge in [-0.2, -0.15) is 0 Å². The number of carboxylic acids is 1. The molecule has 1 aliphatic carbocycles. The van der Waals surface area contributed by atoms with E-state index >= 15 is 0 Å². The fraction of sp³-hybridized carbons (Fsp3) is 0.571. The van der Waals surface area contributed by atoms with Crippen LogP contribution in [0.4, 0.5) is 0 Å². The second-order valence-electron chi connectivity index (χ2n) is 5.77. The molecule has 2 rings (SSSR count). The summed E-state index contributed by atoms with van der Waals surface area (Å²) < 4.78 is 29.9. The Labute approximate surface area is 134 Å². The zero-order chi connectivity index (χ0) is 17.2. The highest BCUT2D eigenvalue weighted by Gasteiger charge is 2.28. The first-order chi connectivity index (χ1) is 10.7. The zero-order valence-corrected chi connectivity index (χ0v) is 13.8. The number of amides is 1. The van der Waals surface area contributed by atoms with Gasteiger partial charge in [-0.15, -0.1) is 0 Å². The summed E-state index contributed by atoms with van der Waals surface area (Å²) >= 11 is 0. The van der Waals surface area contributed by atoms with Crippen molar-refractivity contribution in [1.82, 2.24) is 9.62 Å². The molecule has 9 heteroatoms. The van der Waals surface area contributed by atoms with Gasteiger partial charge in [0.25, 0.3) is 15.9 Å². The molecule has 128 valence electrons. The Balaban J connectivity index is 1.98. The monoisotopic (exact) mass is 344 g/mol. The van der Waals surface area contributed by atoms with Crippen molar-refractivity contribution in [2.45, 2.75) is 36.8 Å². The first kappa shape index (κ1) is 17.5. The molecule has 0 unspecified atom stereocenters. The van der Waals surface area contributed by atoms with Crippen LogP contribution in [-0.4, -0.2) is 49.8 Å². The third-order valence-corrected chi connectivity index (χ3v) is 5.64. The molecule has 23 heavy (non-hydrogen) atoms. The fourth-order valence-corrected chi connectivity index (χ4v) is 3.30. The van der Waals surface area contributed by atoms with Crippen LogP contribution in [0.25, 0.3) is 0 Å². The normalized spacial score (nSPS) is 22.0. The van der Waals surface area contributed by atoms with E-state index in [1.807, 2.05) is 0 Å². The van der Waals surface area contributed by atoms with E-state index < -0.39 is 21.9 Å². The molecule has 1 aliphatic rings.